The van der Waals surface area contributed by atoms with Gasteiger partial charge in [-0.05, 0) is 54.5 Å². The van der Waals surface area contributed by atoms with Gasteiger partial charge in [-0.1, -0.05) is 77.8 Å². The molecule has 0 unspecified atom stereocenters. The highest BCUT2D eigenvalue weighted by molar-refractivity contribution is 9.09. The molecule has 1 N–H and O–H groups in total. The fourth-order valence-electron chi connectivity index (χ4n) is 3.36. The van der Waals surface area contributed by atoms with E-state index in [0.29, 0.717) is 27.1 Å². The Balaban J connectivity index is 1.79. The van der Waals surface area contributed by atoms with Crippen LogP contribution in [0.15, 0.2) is 54.6 Å². The molecule has 6 heteroatoms. The Kier molecular flexibility index (Phi) is 8.47. The van der Waals surface area contributed by atoms with Crippen LogP contribution >= 0.6 is 38.9 Å². The summed E-state index contributed by atoms with van der Waals surface area (Å²) < 4.78 is 0. The molecule has 2 aromatic carbocycles. The molecule has 0 aliphatic rings. The Bertz CT molecular complexity index is 1060. The number of carbonyl (C=O) groups excluding carboxylic acids is 2. The number of halogens is 2. The molecule has 0 bridgehead atoms. The van der Waals surface area contributed by atoms with Crippen molar-refractivity contribution in [1.82, 2.24) is 0 Å². The van der Waals surface area contributed by atoms with E-state index in [-0.39, 0.29) is 17.0 Å². The summed E-state index contributed by atoms with van der Waals surface area (Å²) >= 11 is 10.8. The van der Waals surface area contributed by atoms with Crippen LogP contribution < -0.4 is 5.32 Å². The highest BCUT2D eigenvalue weighted by atomic mass is 79.9. The van der Waals surface area contributed by atoms with Gasteiger partial charge in [0.25, 0.3) is 0 Å². The number of thiophene rings is 1. The molecule has 0 saturated heterocycles. The number of carbonyl (C=O) groups is 2. The maximum Gasteiger partial charge on any atom is 0.235 e. The van der Waals surface area contributed by atoms with Gasteiger partial charge in [0.2, 0.25) is 5.91 Å². The molecule has 0 atom stereocenters. The zero-order chi connectivity index (χ0) is 22.4. The van der Waals surface area contributed by atoms with Crippen LogP contribution in [0.3, 0.4) is 0 Å². The summed E-state index contributed by atoms with van der Waals surface area (Å²) in [5, 5.41) is 3.98. The van der Waals surface area contributed by atoms with E-state index >= 15 is 0 Å². The van der Waals surface area contributed by atoms with Gasteiger partial charge in [-0.25, -0.2) is 0 Å². The van der Waals surface area contributed by atoms with Crippen LogP contribution in [-0.2, 0) is 24.1 Å². The number of anilines is 1. The van der Waals surface area contributed by atoms with Gasteiger partial charge in [0.15, 0.2) is 5.78 Å². The maximum atomic E-state index is 13.1. The van der Waals surface area contributed by atoms with Crippen LogP contribution in [0.4, 0.5) is 5.00 Å². The first-order valence-corrected chi connectivity index (χ1v) is 12.5. The molecular formula is C25H25BrClNO2S. The lowest BCUT2D eigenvalue weighted by molar-refractivity contribution is -0.113. The van der Waals surface area contributed by atoms with E-state index in [9.17, 15) is 9.59 Å². The third-order valence-corrected chi connectivity index (χ3v) is 6.80. The van der Waals surface area contributed by atoms with Crippen molar-refractivity contribution in [3.8, 4) is 0 Å². The minimum atomic E-state index is -0.192. The molecule has 0 spiro atoms. The Morgan fingerprint density at radius 3 is 2.32 bits per heavy atom. The molecule has 1 amide bonds. The first-order chi connectivity index (χ1) is 14.9. The number of hydrogen-bond donors (Lipinski definition) is 1. The predicted octanol–water partition coefficient (Wildman–Crippen LogP) is 6.95. The molecule has 0 saturated carbocycles. The Morgan fingerprint density at radius 1 is 1.00 bits per heavy atom. The largest absolute Gasteiger partial charge is 0.316 e. The van der Waals surface area contributed by atoms with E-state index in [0.717, 1.165) is 24.1 Å². The number of amides is 1. The summed E-state index contributed by atoms with van der Waals surface area (Å²) in [6, 6.07) is 17.6. The van der Waals surface area contributed by atoms with E-state index in [4.69, 9.17) is 11.6 Å². The van der Waals surface area contributed by atoms with E-state index in [1.54, 1.807) is 24.3 Å². The first-order valence-electron chi connectivity index (χ1n) is 10.2. The summed E-state index contributed by atoms with van der Waals surface area (Å²) in [7, 11) is 0. The van der Waals surface area contributed by atoms with Crippen LogP contribution in [0.1, 0.15) is 45.8 Å². The number of benzene rings is 2. The average Bonchev–Trinajstić information content (AvgIpc) is 3.15. The van der Waals surface area contributed by atoms with Crippen LogP contribution in [0.2, 0.25) is 5.02 Å². The summed E-state index contributed by atoms with van der Waals surface area (Å²) in [6.07, 6.45) is 2.74. The Labute approximate surface area is 201 Å². The van der Waals surface area contributed by atoms with Crippen molar-refractivity contribution in [3.05, 3.63) is 86.8 Å². The molecule has 1 heterocycles. The van der Waals surface area contributed by atoms with Gasteiger partial charge in [0.05, 0.1) is 15.9 Å². The number of ketones is 1. The molecule has 162 valence electrons. The minimum Gasteiger partial charge on any atom is -0.316 e. The van der Waals surface area contributed by atoms with Gasteiger partial charge < -0.3 is 5.32 Å². The highest BCUT2D eigenvalue weighted by Gasteiger charge is 2.21. The fourth-order valence-corrected chi connectivity index (χ4v) is 4.79. The van der Waals surface area contributed by atoms with Gasteiger partial charge in [0.1, 0.15) is 5.00 Å². The normalized spacial score (nSPS) is 11.0. The van der Waals surface area contributed by atoms with E-state index in [2.05, 4.69) is 59.4 Å². The van der Waals surface area contributed by atoms with Gasteiger partial charge in [-0.2, -0.15) is 0 Å². The predicted molar refractivity (Wildman–Crippen MR) is 134 cm³/mol. The molecule has 0 radical (unpaired) electrons. The number of rotatable bonds is 9. The zero-order valence-electron chi connectivity index (χ0n) is 17.6. The summed E-state index contributed by atoms with van der Waals surface area (Å²) in [5.74, 6) is 0.262. The number of hydrogen-bond acceptors (Lipinski definition) is 3. The third-order valence-electron chi connectivity index (χ3n) is 4.85. The van der Waals surface area contributed by atoms with Crippen LogP contribution in [0.25, 0.3) is 0 Å². The van der Waals surface area contributed by atoms with Crippen molar-refractivity contribution >= 4 is 55.6 Å². The molecule has 3 aromatic rings. The smallest absolute Gasteiger partial charge is 0.235 e. The Hall–Kier alpha value is -1.95. The lowest BCUT2D eigenvalue weighted by atomic mass is 10.00. The van der Waals surface area contributed by atoms with Crippen molar-refractivity contribution in [2.24, 2.45) is 5.92 Å². The summed E-state index contributed by atoms with van der Waals surface area (Å²) in [5.41, 5.74) is 3.52. The van der Waals surface area contributed by atoms with Crippen LogP contribution in [0.5, 0.6) is 0 Å². The lowest BCUT2D eigenvalue weighted by Gasteiger charge is -2.06. The highest BCUT2D eigenvalue weighted by Crippen LogP contribution is 2.32. The standard InChI is InChI=1S/C25H25BrClNO2S/c1-16(2)13-18-9-7-17(8-10-18)11-12-19-14-21(25(31-19)28-23(29)15-26)24(30)20-5-3-4-6-22(20)27/h3-10,14,16H,11-13,15H2,1-2H3,(H,28,29). The second-order valence-electron chi connectivity index (χ2n) is 7.86. The number of aryl methyl sites for hydroxylation is 2. The van der Waals surface area contributed by atoms with Gasteiger partial charge in [-0.15, -0.1) is 11.3 Å². The van der Waals surface area contributed by atoms with Gasteiger partial charge in [0, 0.05) is 10.4 Å². The molecule has 31 heavy (non-hydrogen) atoms. The third kappa shape index (κ3) is 6.52. The summed E-state index contributed by atoms with van der Waals surface area (Å²) in [6.45, 7) is 4.44. The minimum absolute atomic E-state index is 0.169. The van der Waals surface area contributed by atoms with E-state index < -0.39 is 0 Å². The zero-order valence-corrected chi connectivity index (χ0v) is 20.7. The molecular weight excluding hydrogens is 494 g/mol. The molecule has 0 aliphatic heterocycles. The molecule has 1 aromatic heterocycles. The molecule has 3 nitrogen and oxygen atoms in total. The van der Waals surface area contributed by atoms with Gasteiger partial charge in [-0.3, -0.25) is 9.59 Å². The Morgan fingerprint density at radius 2 is 1.68 bits per heavy atom. The SMILES string of the molecule is CC(C)Cc1ccc(CCc2cc(C(=O)c3ccccc3Cl)c(NC(=O)CBr)s2)cc1. The summed E-state index contributed by atoms with van der Waals surface area (Å²) in [4.78, 5) is 26.1. The number of alkyl halides is 1. The van der Waals surface area contributed by atoms with E-state index in [1.807, 2.05) is 6.07 Å². The first kappa shape index (κ1) is 23.7. The van der Waals surface area contributed by atoms with Crippen molar-refractivity contribution in [2.75, 3.05) is 10.6 Å². The fraction of sp³-hybridized carbons (Fsp3) is 0.280. The second-order valence-corrected chi connectivity index (χ2v) is 9.97. The molecule has 3 rings (SSSR count). The van der Waals surface area contributed by atoms with Crippen molar-refractivity contribution < 1.29 is 9.59 Å². The van der Waals surface area contributed by atoms with Crippen molar-refractivity contribution in [3.63, 3.8) is 0 Å². The van der Waals surface area contributed by atoms with Crippen LogP contribution in [0, 0.1) is 5.92 Å². The molecule has 0 fully saturated rings. The van der Waals surface area contributed by atoms with Crippen molar-refractivity contribution in [2.45, 2.75) is 33.1 Å². The second kappa shape index (κ2) is 11.1. The molecule has 0 aliphatic carbocycles. The maximum absolute atomic E-state index is 13.1. The topological polar surface area (TPSA) is 46.2 Å². The quantitative estimate of drug-likeness (QED) is 0.246. The van der Waals surface area contributed by atoms with Crippen LogP contribution in [-0.4, -0.2) is 17.0 Å². The lowest BCUT2D eigenvalue weighted by Crippen LogP contribution is -2.14. The number of nitrogens with one attached hydrogen (secondary N) is 1. The average molecular weight is 519 g/mol. The van der Waals surface area contributed by atoms with E-state index in [1.165, 1.54) is 22.5 Å². The monoisotopic (exact) mass is 517 g/mol. The van der Waals surface area contributed by atoms with Gasteiger partial charge >= 0.3 is 0 Å². The van der Waals surface area contributed by atoms with Crippen molar-refractivity contribution in [1.29, 1.82) is 0 Å².